The second-order valence-corrected chi connectivity index (χ2v) is 8.76. The van der Waals surface area contributed by atoms with Crippen LogP contribution in [0, 0.1) is 6.92 Å². The van der Waals surface area contributed by atoms with Crippen molar-refractivity contribution in [2.75, 3.05) is 26.2 Å². The number of thiophene rings is 1. The number of rotatable bonds is 3. The lowest BCUT2D eigenvalue weighted by atomic mass is 9.89. The monoisotopic (exact) mass is 384 g/mol. The van der Waals surface area contributed by atoms with Crippen molar-refractivity contribution in [3.8, 4) is 0 Å². The number of hydrogen-bond acceptors (Lipinski definition) is 4. The van der Waals surface area contributed by atoms with Gasteiger partial charge in [-0.25, -0.2) is 0 Å². The molecule has 1 aromatic heterocycles. The minimum absolute atomic E-state index is 0.140. The SMILES string of the molecule is Cc1ccsc1[C@@H]1CCN(C2CCN(C(=O)c3ccccc3)CC2)C[C@H]1O. The van der Waals surface area contributed by atoms with Crippen LogP contribution >= 0.6 is 11.3 Å². The van der Waals surface area contributed by atoms with E-state index in [0.29, 0.717) is 6.04 Å². The average molecular weight is 385 g/mol. The van der Waals surface area contributed by atoms with Crippen LogP contribution < -0.4 is 0 Å². The van der Waals surface area contributed by atoms with E-state index in [9.17, 15) is 9.90 Å². The third kappa shape index (κ3) is 3.96. The zero-order valence-corrected chi connectivity index (χ0v) is 16.7. The maximum Gasteiger partial charge on any atom is 0.253 e. The van der Waals surface area contributed by atoms with Gasteiger partial charge in [-0.05, 0) is 61.9 Å². The minimum atomic E-state index is -0.292. The lowest BCUT2D eigenvalue weighted by Gasteiger charge is -2.43. The molecule has 1 aromatic carbocycles. The van der Waals surface area contributed by atoms with Gasteiger partial charge in [-0.15, -0.1) is 11.3 Å². The van der Waals surface area contributed by atoms with Crippen molar-refractivity contribution >= 4 is 17.2 Å². The van der Waals surface area contributed by atoms with Gasteiger partial charge < -0.3 is 10.0 Å². The summed E-state index contributed by atoms with van der Waals surface area (Å²) in [5, 5.41) is 12.9. The Hall–Kier alpha value is -1.69. The predicted octanol–water partition coefficient (Wildman–Crippen LogP) is 3.51. The summed E-state index contributed by atoms with van der Waals surface area (Å²) in [6, 6.07) is 12.2. The van der Waals surface area contributed by atoms with Gasteiger partial charge in [0.1, 0.15) is 0 Å². The molecule has 2 fully saturated rings. The molecule has 2 saturated heterocycles. The molecule has 0 spiro atoms. The molecule has 27 heavy (non-hydrogen) atoms. The van der Waals surface area contributed by atoms with Crippen molar-refractivity contribution in [2.24, 2.45) is 0 Å². The van der Waals surface area contributed by atoms with Crippen LogP contribution in [0.25, 0.3) is 0 Å². The fourth-order valence-electron chi connectivity index (χ4n) is 4.56. The quantitative estimate of drug-likeness (QED) is 0.881. The van der Waals surface area contributed by atoms with E-state index in [0.717, 1.165) is 51.0 Å². The van der Waals surface area contributed by atoms with Gasteiger partial charge in [0.15, 0.2) is 0 Å². The Morgan fingerprint density at radius 1 is 1.07 bits per heavy atom. The first-order chi connectivity index (χ1) is 13.1. The number of carbonyl (C=O) groups is 1. The molecule has 1 amide bonds. The first-order valence-corrected chi connectivity index (χ1v) is 10.8. The molecule has 3 heterocycles. The lowest BCUT2D eigenvalue weighted by Crippen LogP contribution is -2.52. The van der Waals surface area contributed by atoms with Gasteiger partial charge in [-0.1, -0.05) is 18.2 Å². The van der Waals surface area contributed by atoms with E-state index in [4.69, 9.17) is 0 Å². The fourth-order valence-corrected chi connectivity index (χ4v) is 5.68. The van der Waals surface area contributed by atoms with Crippen molar-refractivity contribution in [1.82, 2.24) is 9.80 Å². The summed E-state index contributed by atoms with van der Waals surface area (Å²) in [4.78, 5) is 18.4. The second kappa shape index (κ2) is 8.13. The Morgan fingerprint density at radius 3 is 2.44 bits per heavy atom. The highest BCUT2D eigenvalue weighted by atomic mass is 32.1. The zero-order valence-electron chi connectivity index (χ0n) is 15.9. The molecule has 2 aromatic rings. The highest BCUT2D eigenvalue weighted by molar-refractivity contribution is 7.10. The molecule has 0 unspecified atom stereocenters. The summed E-state index contributed by atoms with van der Waals surface area (Å²) in [5.74, 6) is 0.418. The van der Waals surface area contributed by atoms with Crippen LogP contribution in [-0.4, -0.2) is 59.1 Å². The number of likely N-dealkylation sites (tertiary alicyclic amines) is 2. The first-order valence-electron chi connectivity index (χ1n) is 9.94. The van der Waals surface area contributed by atoms with Gasteiger partial charge in [-0.2, -0.15) is 0 Å². The molecule has 0 saturated carbocycles. The van der Waals surface area contributed by atoms with E-state index in [-0.39, 0.29) is 17.9 Å². The normalized spacial score (nSPS) is 24.9. The Morgan fingerprint density at radius 2 is 1.81 bits per heavy atom. The summed E-state index contributed by atoms with van der Waals surface area (Å²) in [6.45, 7) is 5.54. The van der Waals surface area contributed by atoms with E-state index in [1.165, 1.54) is 10.4 Å². The first kappa shape index (κ1) is 18.7. The van der Waals surface area contributed by atoms with E-state index < -0.39 is 0 Å². The molecule has 1 N–H and O–H groups in total. The van der Waals surface area contributed by atoms with Crippen LogP contribution in [0.5, 0.6) is 0 Å². The third-order valence-corrected chi connectivity index (χ3v) is 7.29. The number of nitrogens with zero attached hydrogens (tertiary/aromatic N) is 2. The van der Waals surface area contributed by atoms with Crippen molar-refractivity contribution in [2.45, 2.75) is 44.2 Å². The smallest absolute Gasteiger partial charge is 0.253 e. The van der Waals surface area contributed by atoms with E-state index in [2.05, 4.69) is 23.3 Å². The van der Waals surface area contributed by atoms with Gasteiger partial charge in [-0.3, -0.25) is 9.69 Å². The number of benzene rings is 1. The molecule has 4 rings (SSSR count). The van der Waals surface area contributed by atoms with Crippen molar-refractivity contribution in [3.63, 3.8) is 0 Å². The second-order valence-electron chi connectivity index (χ2n) is 7.81. The number of amides is 1. The number of aryl methyl sites for hydroxylation is 1. The number of β-amino-alcohol motifs (C(OH)–C–C–N with tert-alkyl or cyclic N) is 1. The molecule has 0 radical (unpaired) electrons. The Kier molecular flexibility index (Phi) is 5.62. The number of aliphatic hydroxyl groups excluding tert-OH is 1. The molecule has 5 heteroatoms. The van der Waals surface area contributed by atoms with E-state index in [1.54, 1.807) is 11.3 Å². The zero-order chi connectivity index (χ0) is 18.8. The Bertz CT molecular complexity index is 768. The van der Waals surface area contributed by atoms with Crippen molar-refractivity contribution in [3.05, 3.63) is 57.8 Å². The Balaban J connectivity index is 1.32. The summed E-state index contributed by atoms with van der Waals surface area (Å²) in [5.41, 5.74) is 2.09. The predicted molar refractivity (Wildman–Crippen MR) is 109 cm³/mol. The largest absolute Gasteiger partial charge is 0.391 e. The molecule has 144 valence electrons. The number of carbonyl (C=O) groups excluding carboxylic acids is 1. The van der Waals surface area contributed by atoms with Crippen molar-refractivity contribution in [1.29, 1.82) is 0 Å². The molecule has 0 aliphatic carbocycles. The fraction of sp³-hybridized carbons (Fsp3) is 0.500. The van der Waals surface area contributed by atoms with Crippen molar-refractivity contribution < 1.29 is 9.90 Å². The van der Waals surface area contributed by atoms with Crippen LogP contribution in [0.3, 0.4) is 0 Å². The number of aliphatic hydroxyl groups is 1. The topological polar surface area (TPSA) is 43.8 Å². The molecular weight excluding hydrogens is 356 g/mol. The van der Waals surface area contributed by atoms with E-state index in [1.807, 2.05) is 35.2 Å². The van der Waals surface area contributed by atoms with Crippen LogP contribution in [0.15, 0.2) is 41.8 Å². The average Bonchev–Trinajstić information content (AvgIpc) is 3.14. The van der Waals surface area contributed by atoms with Gasteiger partial charge >= 0.3 is 0 Å². The number of hydrogen-bond donors (Lipinski definition) is 1. The van der Waals surface area contributed by atoms with Gasteiger partial charge in [0.05, 0.1) is 6.10 Å². The molecule has 2 aliphatic heterocycles. The van der Waals surface area contributed by atoms with Crippen LogP contribution in [0.1, 0.15) is 46.0 Å². The molecule has 2 atom stereocenters. The van der Waals surface area contributed by atoms with Gasteiger partial charge in [0.2, 0.25) is 0 Å². The highest BCUT2D eigenvalue weighted by Crippen LogP contribution is 2.35. The van der Waals surface area contributed by atoms with E-state index >= 15 is 0 Å². The maximum atomic E-state index is 12.6. The summed E-state index contributed by atoms with van der Waals surface area (Å²) in [7, 11) is 0. The maximum absolute atomic E-state index is 12.6. The van der Waals surface area contributed by atoms with Crippen LogP contribution in [0.4, 0.5) is 0 Å². The summed E-state index contributed by atoms with van der Waals surface area (Å²) >= 11 is 1.78. The highest BCUT2D eigenvalue weighted by Gasteiger charge is 2.35. The third-order valence-electron chi connectivity index (χ3n) is 6.14. The summed E-state index contributed by atoms with van der Waals surface area (Å²) in [6.07, 6.45) is 2.72. The Labute approximate surface area is 165 Å². The molecule has 0 bridgehead atoms. The standard InChI is InChI=1S/C22H28N2O2S/c1-16-10-14-27-21(16)19-9-13-24(15-20(19)25)18-7-11-23(12-8-18)22(26)17-5-3-2-4-6-17/h2-6,10,14,18-20,25H,7-9,11-13,15H2,1H3/t19-,20-/m1/s1. The minimum Gasteiger partial charge on any atom is -0.391 e. The van der Waals surface area contributed by atoms with Crippen LogP contribution in [-0.2, 0) is 0 Å². The lowest BCUT2D eigenvalue weighted by molar-refractivity contribution is 0.0126. The summed E-state index contributed by atoms with van der Waals surface area (Å²) < 4.78 is 0. The molecule has 4 nitrogen and oxygen atoms in total. The van der Waals surface area contributed by atoms with Crippen LogP contribution in [0.2, 0.25) is 0 Å². The van der Waals surface area contributed by atoms with Gasteiger partial charge in [0.25, 0.3) is 5.91 Å². The van der Waals surface area contributed by atoms with Gasteiger partial charge in [0, 0.05) is 42.0 Å². The number of piperidine rings is 2. The molecular formula is C22H28N2O2S. The molecule has 2 aliphatic rings.